The molecule has 11 nitrogen and oxygen atoms in total. The van der Waals surface area contributed by atoms with Crippen LogP contribution in [0.5, 0.6) is 11.5 Å². The van der Waals surface area contributed by atoms with Gasteiger partial charge in [0.25, 0.3) is 5.91 Å². The monoisotopic (exact) mass is 604 g/mol. The number of rotatable bonds is 14. The number of aliphatic hydroxyl groups excluding tert-OH is 1. The van der Waals surface area contributed by atoms with E-state index in [0.29, 0.717) is 11.5 Å². The van der Waals surface area contributed by atoms with Crippen molar-refractivity contribution in [2.75, 3.05) is 40.5 Å². The van der Waals surface area contributed by atoms with Gasteiger partial charge in [-0.1, -0.05) is 58.0 Å². The summed E-state index contributed by atoms with van der Waals surface area (Å²) in [7, 11) is -0.609. The van der Waals surface area contributed by atoms with Crippen molar-refractivity contribution in [1.29, 1.82) is 0 Å². The van der Waals surface area contributed by atoms with Gasteiger partial charge in [0.1, 0.15) is 0 Å². The molecular formula is C30H44N4O7S. The van der Waals surface area contributed by atoms with Crippen LogP contribution in [0, 0.1) is 11.8 Å². The molecular weight excluding hydrogens is 560 g/mol. The van der Waals surface area contributed by atoms with Crippen molar-refractivity contribution in [2.45, 2.75) is 57.6 Å². The average Bonchev–Trinajstić information content (AvgIpc) is 3.38. The molecule has 0 saturated heterocycles. The average molecular weight is 605 g/mol. The molecule has 1 heterocycles. The number of nitrogens with one attached hydrogen (secondary N) is 1. The lowest BCUT2D eigenvalue weighted by molar-refractivity contribution is -0.148. The highest BCUT2D eigenvalue weighted by atomic mass is 32.2. The predicted octanol–water partition coefficient (Wildman–Crippen LogP) is 2.50. The molecule has 3 rings (SSSR count). The molecule has 2 amide bonds. The fourth-order valence-corrected chi connectivity index (χ4v) is 6.32. The zero-order valence-electron chi connectivity index (χ0n) is 25.3. The SMILES string of the molecule is CC(C)CC(=O)N(NC(=O)CN(C)C)[C@@H](Cc1ccccc1)[C@H](O)CN(CC(C)C)S(=O)(=O)c1ccc2c(c1)OCO2. The lowest BCUT2D eigenvalue weighted by atomic mass is 9.99. The lowest BCUT2D eigenvalue weighted by Crippen LogP contribution is -2.60. The largest absolute Gasteiger partial charge is 0.454 e. The van der Waals surface area contributed by atoms with Gasteiger partial charge in [0.15, 0.2) is 11.5 Å². The number of carbonyl (C=O) groups is 2. The van der Waals surface area contributed by atoms with E-state index in [4.69, 9.17) is 9.47 Å². The fourth-order valence-electron chi connectivity index (χ4n) is 4.68. The van der Waals surface area contributed by atoms with Gasteiger partial charge in [-0.05, 0) is 50.0 Å². The number of amides is 2. The Morgan fingerprint density at radius 2 is 1.62 bits per heavy atom. The Morgan fingerprint density at radius 1 is 0.952 bits per heavy atom. The molecule has 1 aliphatic rings. The Morgan fingerprint density at radius 3 is 2.24 bits per heavy atom. The molecule has 0 spiro atoms. The predicted molar refractivity (Wildman–Crippen MR) is 159 cm³/mol. The van der Waals surface area contributed by atoms with Crippen LogP contribution in [-0.4, -0.2) is 92.2 Å². The highest BCUT2D eigenvalue weighted by Gasteiger charge is 2.36. The summed E-state index contributed by atoms with van der Waals surface area (Å²) >= 11 is 0. The molecule has 0 fully saturated rings. The van der Waals surface area contributed by atoms with Gasteiger partial charge in [0, 0.05) is 25.6 Å². The number of aliphatic hydroxyl groups is 1. The molecule has 2 aromatic rings. The Balaban J connectivity index is 2.00. The number of ether oxygens (including phenoxy) is 2. The first-order valence-corrected chi connectivity index (χ1v) is 15.6. The van der Waals surface area contributed by atoms with Crippen LogP contribution in [0.15, 0.2) is 53.4 Å². The van der Waals surface area contributed by atoms with Crippen LogP contribution in [0.4, 0.5) is 0 Å². The zero-order chi connectivity index (χ0) is 31.0. The highest BCUT2D eigenvalue weighted by Crippen LogP contribution is 2.35. The van der Waals surface area contributed by atoms with E-state index in [1.165, 1.54) is 21.4 Å². The van der Waals surface area contributed by atoms with E-state index in [1.807, 2.05) is 58.0 Å². The maximum absolute atomic E-state index is 13.9. The molecule has 0 aliphatic carbocycles. The van der Waals surface area contributed by atoms with E-state index in [2.05, 4.69) is 5.43 Å². The number of sulfonamides is 1. The van der Waals surface area contributed by atoms with Crippen molar-refractivity contribution in [3.8, 4) is 11.5 Å². The Labute approximate surface area is 249 Å². The van der Waals surface area contributed by atoms with Gasteiger partial charge >= 0.3 is 0 Å². The number of carbonyl (C=O) groups excluding carboxylic acids is 2. The van der Waals surface area contributed by atoms with Crippen molar-refractivity contribution >= 4 is 21.8 Å². The van der Waals surface area contributed by atoms with Gasteiger partial charge in [-0.25, -0.2) is 13.4 Å². The van der Waals surface area contributed by atoms with Crippen molar-refractivity contribution in [2.24, 2.45) is 11.8 Å². The van der Waals surface area contributed by atoms with E-state index >= 15 is 0 Å². The number of hydrazine groups is 1. The number of benzene rings is 2. The summed E-state index contributed by atoms with van der Waals surface area (Å²) in [5, 5.41) is 13.0. The summed E-state index contributed by atoms with van der Waals surface area (Å²) < 4.78 is 39.7. The summed E-state index contributed by atoms with van der Waals surface area (Å²) in [6.07, 6.45) is -1.03. The summed E-state index contributed by atoms with van der Waals surface area (Å²) in [4.78, 5) is 28.1. The van der Waals surface area contributed by atoms with Crippen molar-refractivity contribution < 1.29 is 32.6 Å². The molecule has 0 aromatic heterocycles. The number of likely N-dealkylation sites (N-methyl/N-ethyl adjacent to an activating group) is 1. The van der Waals surface area contributed by atoms with E-state index in [-0.39, 0.29) is 61.9 Å². The van der Waals surface area contributed by atoms with Crippen LogP contribution < -0.4 is 14.9 Å². The molecule has 42 heavy (non-hydrogen) atoms. The minimum absolute atomic E-state index is 0.00577. The first kappa shape index (κ1) is 33.3. The number of hydrogen-bond donors (Lipinski definition) is 2. The minimum atomic E-state index is -4.08. The van der Waals surface area contributed by atoms with E-state index in [1.54, 1.807) is 25.1 Å². The van der Waals surface area contributed by atoms with E-state index in [0.717, 1.165) is 5.56 Å². The first-order valence-electron chi connectivity index (χ1n) is 14.2. The van der Waals surface area contributed by atoms with Crippen molar-refractivity contribution in [1.82, 2.24) is 19.6 Å². The molecule has 0 bridgehead atoms. The standard InChI is InChI=1S/C30H44N4O7S/c1-21(2)14-30(37)34(31-29(36)19-32(5)6)25(15-23-10-8-7-9-11-23)26(35)18-33(17-22(3)4)42(38,39)24-12-13-27-28(16-24)41-20-40-27/h7-13,16,21-22,25-26,35H,14-15,17-20H2,1-6H3,(H,31,36)/t25-,26+/m0/s1. The summed E-state index contributed by atoms with van der Waals surface area (Å²) in [6.45, 7) is 7.41. The number of nitrogens with zero attached hydrogens (tertiary/aromatic N) is 3. The molecule has 0 radical (unpaired) electrons. The summed E-state index contributed by atoms with van der Waals surface area (Å²) in [5.41, 5.74) is 3.53. The van der Waals surface area contributed by atoms with Gasteiger partial charge in [0.05, 0.1) is 23.6 Å². The molecule has 12 heteroatoms. The van der Waals surface area contributed by atoms with Crippen LogP contribution in [0.3, 0.4) is 0 Å². The second-order valence-electron chi connectivity index (χ2n) is 11.7. The van der Waals surface area contributed by atoms with Crippen LogP contribution in [-0.2, 0) is 26.0 Å². The van der Waals surface area contributed by atoms with Crippen molar-refractivity contribution in [3.63, 3.8) is 0 Å². The highest BCUT2D eigenvalue weighted by molar-refractivity contribution is 7.89. The molecule has 232 valence electrons. The topological polar surface area (TPSA) is 129 Å². The van der Waals surface area contributed by atoms with Gasteiger partial charge in [-0.2, -0.15) is 4.31 Å². The molecule has 0 saturated carbocycles. The molecule has 2 atom stereocenters. The summed E-state index contributed by atoms with van der Waals surface area (Å²) in [5.74, 6) is -0.0751. The Kier molecular flexibility index (Phi) is 11.7. The normalized spacial score (nSPS) is 14.5. The maximum atomic E-state index is 13.9. The molecule has 1 aliphatic heterocycles. The zero-order valence-corrected chi connectivity index (χ0v) is 26.1. The fraction of sp³-hybridized carbons (Fsp3) is 0.533. The van der Waals surface area contributed by atoms with Gasteiger partial charge in [-0.15, -0.1) is 0 Å². The maximum Gasteiger partial charge on any atom is 0.252 e. The first-order chi connectivity index (χ1) is 19.8. The summed E-state index contributed by atoms with van der Waals surface area (Å²) in [6, 6.07) is 12.7. The number of fused-ring (bicyclic) bond motifs is 1. The van der Waals surface area contributed by atoms with Crippen LogP contribution in [0.25, 0.3) is 0 Å². The van der Waals surface area contributed by atoms with E-state index in [9.17, 15) is 23.1 Å². The smallest absolute Gasteiger partial charge is 0.252 e. The second-order valence-corrected chi connectivity index (χ2v) is 13.6. The van der Waals surface area contributed by atoms with Crippen LogP contribution >= 0.6 is 0 Å². The van der Waals surface area contributed by atoms with Crippen LogP contribution in [0.2, 0.25) is 0 Å². The quantitative estimate of drug-likeness (QED) is 0.315. The van der Waals surface area contributed by atoms with Gasteiger partial charge < -0.3 is 19.5 Å². The molecule has 2 aromatic carbocycles. The van der Waals surface area contributed by atoms with Gasteiger partial charge in [0.2, 0.25) is 22.7 Å². The third-order valence-corrected chi connectivity index (χ3v) is 8.39. The Bertz CT molecular complexity index is 1300. The second kappa shape index (κ2) is 14.8. The Hall–Kier alpha value is -3.19. The van der Waals surface area contributed by atoms with Crippen LogP contribution in [0.1, 0.15) is 39.7 Å². The third-order valence-electron chi connectivity index (χ3n) is 6.56. The van der Waals surface area contributed by atoms with Gasteiger partial charge in [-0.3, -0.25) is 15.0 Å². The molecule has 2 N–H and O–H groups in total. The molecule has 0 unspecified atom stereocenters. The van der Waals surface area contributed by atoms with E-state index < -0.39 is 28.1 Å². The minimum Gasteiger partial charge on any atom is -0.454 e. The number of hydrogen-bond acceptors (Lipinski definition) is 8. The third kappa shape index (κ3) is 9.15. The van der Waals surface area contributed by atoms with Crippen molar-refractivity contribution in [3.05, 3.63) is 54.1 Å². The lowest BCUT2D eigenvalue weighted by Gasteiger charge is -2.37.